The third kappa shape index (κ3) is 7.55. The zero-order valence-corrected chi connectivity index (χ0v) is 21.5. The molecule has 0 unspecified atom stereocenters. The van der Waals surface area contributed by atoms with Crippen LogP contribution in [0.25, 0.3) is 0 Å². The van der Waals surface area contributed by atoms with Gasteiger partial charge in [-0.3, -0.25) is 4.79 Å². The van der Waals surface area contributed by atoms with Crippen molar-refractivity contribution in [1.29, 1.82) is 0 Å². The molecule has 1 aromatic carbocycles. The smallest absolute Gasteiger partial charge is 0.233 e. The van der Waals surface area contributed by atoms with Crippen molar-refractivity contribution in [3.8, 4) is 0 Å². The Hall–Kier alpha value is -3.39. The number of hydrogen-bond acceptors (Lipinski definition) is 8. The van der Waals surface area contributed by atoms with Gasteiger partial charge < -0.3 is 15.1 Å². The molecule has 1 saturated heterocycles. The maximum atomic E-state index is 12.8. The zero-order valence-electron chi connectivity index (χ0n) is 21.5. The Bertz CT molecular complexity index is 1110. The number of anilines is 3. The molecule has 1 aliphatic heterocycles. The molecular weight excluding hydrogens is 450 g/mol. The Morgan fingerprint density at radius 1 is 0.944 bits per heavy atom. The van der Waals surface area contributed by atoms with E-state index in [1.54, 1.807) is 18.3 Å². The highest BCUT2D eigenvalue weighted by atomic mass is 16.1. The van der Waals surface area contributed by atoms with E-state index in [1.165, 1.54) is 25.7 Å². The molecule has 1 N–H and O–H groups in total. The van der Waals surface area contributed by atoms with Crippen LogP contribution in [0, 0.1) is 0 Å². The van der Waals surface area contributed by atoms with Gasteiger partial charge in [0.2, 0.25) is 11.9 Å². The fraction of sp³-hybridized carbons (Fsp3) is 0.464. The van der Waals surface area contributed by atoms with Crippen molar-refractivity contribution in [3.05, 3.63) is 65.6 Å². The lowest BCUT2D eigenvalue weighted by Crippen LogP contribution is -2.45. The summed E-state index contributed by atoms with van der Waals surface area (Å²) in [6.45, 7) is 5.96. The summed E-state index contributed by atoms with van der Waals surface area (Å²) in [5.41, 5.74) is 1.60. The lowest BCUT2D eigenvalue weighted by atomic mass is 10.0. The fourth-order valence-corrected chi connectivity index (χ4v) is 4.28. The van der Waals surface area contributed by atoms with Crippen LogP contribution in [-0.4, -0.2) is 63.8 Å². The summed E-state index contributed by atoms with van der Waals surface area (Å²) in [4.78, 5) is 36.0. The van der Waals surface area contributed by atoms with Crippen molar-refractivity contribution in [2.75, 3.05) is 43.4 Å². The number of hydrogen-bond donors (Lipinski definition) is 1. The van der Waals surface area contributed by atoms with Gasteiger partial charge >= 0.3 is 0 Å². The van der Waals surface area contributed by atoms with Gasteiger partial charge in [-0.15, -0.1) is 0 Å². The highest BCUT2D eigenvalue weighted by molar-refractivity contribution is 5.98. The van der Waals surface area contributed by atoms with Crippen molar-refractivity contribution in [1.82, 2.24) is 24.8 Å². The van der Waals surface area contributed by atoms with Crippen LogP contribution in [0.4, 0.5) is 17.7 Å². The van der Waals surface area contributed by atoms with Crippen molar-refractivity contribution in [3.63, 3.8) is 0 Å². The van der Waals surface area contributed by atoms with Crippen LogP contribution in [-0.2, 0) is 12.8 Å². The molecule has 3 aromatic rings. The Labute approximate surface area is 214 Å². The quantitative estimate of drug-likeness (QED) is 0.291. The number of Topliss-reactive ketones (excluding diaryl/α,β-unsaturated/α-hetero) is 1. The van der Waals surface area contributed by atoms with E-state index in [-0.39, 0.29) is 5.78 Å². The van der Waals surface area contributed by atoms with Crippen molar-refractivity contribution in [2.45, 2.75) is 51.9 Å². The van der Waals surface area contributed by atoms with Gasteiger partial charge in [0.15, 0.2) is 5.78 Å². The summed E-state index contributed by atoms with van der Waals surface area (Å²) in [6, 6.07) is 13.3. The Balaban J connectivity index is 1.49. The molecule has 8 nitrogen and oxygen atoms in total. The second-order valence-corrected chi connectivity index (χ2v) is 9.47. The van der Waals surface area contributed by atoms with Gasteiger partial charge in [0.25, 0.3) is 0 Å². The van der Waals surface area contributed by atoms with Crippen LogP contribution in [0.1, 0.15) is 60.8 Å². The third-order valence-electron chi connectivity index (χ3n) is 6.49. The SMILES string of the molecule is CCCCCCCc1nc(Nc2cc(C(=O)Cc3ccccc3)ccn2)nc(N2CCN(C)CC2)n1. The normalized spacial score (nSPS) is 14.1. The minimum Gasteiger partial charge on any atom is -0.338 e. The van der Waals surface area contributed by atoms with E-state index in [0.717, 1.165) is 50.4 Å². The fourth-order valence-electron chi connectivity index (χ4n) is 4.28. The standard InChI is InChI=1S/C28H37N7O/c1-3-4-5-6-10-13-25-30-27(33-28(32-25)35-18-16-34(2)17-19-35)31-26-21-23(14-15-29-26)24(36)20-22-11-8-7-9-12-22/h7-9,11-12,14-15,21H,3-6,10,13,16-20H2,1-2H3,(H,29,30,31,32,33). The van der Waals surface area contributed by atoms with Crippen molar-refractivity contribution >= 4 is 23.5 Å². The number of aryl methyl sites for hydroxylation is 1. The van der Waals surface area contributed by atoms with Crippen molar-refractivity contribution in [2.24, 2.45) is 0 Å². The first-order chi connectivity index (χ1) is 17.6. The number of carbonyl (C=O) groups excluding carboxylic acids is 1. The first-order valence-corrected chi connectivity index (χ1v) is 13.1. The lowest BCUT2D eigenvalue weighted by molar-refractivity contribution is 0.0993. The largest absolute Gasteiger partial charge is 0.338 e. The van der Waals surface area contributed by atoms with E-state index in [2.05, 4.69) is 34.1 Å². The molecule has 0 atom stereocenters. The molecular formula is C28H37N7O. The molecule has 0 bridgehead atoms. The number of aromatic nitrogens is 4. The molecule has 1 aliphatic rings. The molecule has 0 aliphatic carbocycles. The van der Waals surface area contributed by atoms with Crippen LogP contribution in [0.15, 0.2) is 48.7 Å². The number of nitrogens with one attached hydrogen (secondary N) is 1. The summed E-state index contributed by atoms with van der Waals surface area (Å²) in [7, 11) is 2.14. The second kappa shape index (κ2) is 13.1. The molecule has 190 valence electrons. The first-order valence-electron chi connectivity index (χ1n) is 13.1. The van der Waals surface area contributed by atoms with E-state index in [4.69, 9.17) is 15.0 Å². The molecule has 36 heavy (non-hydrogen) atoms. The van der Waals surface area contributed by atoms with E-state index in [0.29, 0.717) is 29.7 Å². The number of rotatable bonds is 12. The molecule has 4 rings (SSSR count). The highest BCUT2D eigenvalue weighted by Gasteiger charge is 2.19. The van der Waals surface area contributed by atoms with E-state index in [1.807, 2.05) is 30.3 Å². The minimum absolute atomic E-state index is 0.0493. The summed E-state index contributed by atoms with van der Waals surface area (Å²) < 4.78 is 0. The third-order valence-corrected chi connectivity index (χ3v) is 6.49. The van der Waals surface area contributed by atoms with Gasteiger partial charge in [0.05, 0.1) is 0 Å². The van der Waals surface area contributed by atoms with Gasteiger partial charge in [-0.1, -0.05) is 62.9 Å². The molecule has 8 heteroatoms. The Morgan fingerprint density at radius 3 is 2.50 bits per heavy atom. The maximum Gasteiger partial charge on any atom is 0.233 e. The topological polar surface area (TPSA) is 87.1 Å². The predicted molar refractivity (Wildman–Crippen MR) is 144 cm³/mol. The van der Waals surface area contributed by atoms with Gasteiger partial charge in [-0.25, -0.2) is 4.98 Å². The molecule has 0 radical (unpaired) electrons. The van der Waals surface area contributed by atoms with E-state index < -0.39 is 0 Å². The van der Waals surface area contributed by atoms with Gasteiger partial charge in [-0.2, -0.15) is 15.0 Å². The number of piperazine rings is 1. The average molecular weight is 488 g/mol. The van der Waals surface area contributed by atoms with Crippen LogP contribution < -0.4 is 10.2 Å². The number of unbranched alkanes of at least 4 members (excludes halogenated alkanes) is 4. The number of likely N-dealkylation sites (N-methyl/N-ethyl adjacent to an activating group) is 1. The van der Waals surface area contributed by atoms with Gasteiger partial charge in [-0.05, 0) is 31.2 Å². The Kier molecular flexibility index (Phi) is 9.33. The number of benzene rings is 1. The zero-order chi connectivity index (χ0) is 25.2. The Morgan fingerprint density at radius 2 is 1.72 bits per heavy atom. The second-order valence-electron chi connectivity index (χ2n) is 9.47. The highest BCUT2D eigenvalue weighted by Crippen LogP contribution is 2.19. The van der Waals surface area contributed by atoms with E-state index in [9.17, 15) is 4.79 Å². The summed E-state index contributed by atoms with van der Waals surface area (Å²) >= 11 is 0. The van der Waals surface area contributed by atoms with Gasteiger partial charge in [0.1, 0.15) is 11.6 Å². The lowest BCUT2D eigenvalue weighted by Gasteiger charge is -2.32. The first kappa shape index (κ1) is 25.7. The molecule has 3 heterocycles. The van der Waals surface area contributed by atoms with Crippen LogP contribution in [0.2, 0.25) is 0 Å². The number of carbonyl (C=O) groups is 1. The molecule has 0 amide bonds. The molecule has 0 saturated carbocycles. The predicted octanol–water partition coefficient (Wildman–Crippen LogP) is 4.70. The summed E-state index contributed by atoms with van der Waals surface area (Å²) in [6.07, 6.45) is 8.81. The average Bonchev–Trinajstić information content (AvgIpc) is 2.89. The van der Waals surface area contributed by atoms with E-state index >= 15 is 0 Å². The van der Waals surface area contributed by atoms with Crippen molar-refractivity contribution < 1.29 is 4.79 Å². The number of pyridine rings is 1. The molecule has 2 aromatic heterocycles. The molecule has 1 fully saturated rings. The number of nitrogens with zero attached hydrogens (tertiary/aromatic N) is 6. The van der Waals surface area contributed by atoms with Crippen LogP contribution >= 0.6 is 0 Å². The molecule has 0 spiro atoms. The van der Waals surface area contributed by atoms with Gasteiger partial charge in [0, 0.05) is 50.8 Å². The van der Waals surface area contributed by atoms with Crippen LogP contribution in [0.5, 0.6) is 0 Å². The summed E-state index contributed by atoms with van der Waals surface area (Å²) in [5.74, 6) is 2.59. The maximum absolute atomic E-state index is 12.8. The minimum atomic E-state index is 0.0493. The monoisotopic (exact) mass is 487 g/mol. The van der Waals surface area contributed by atoms with Crippen LogP contribution in [0.3, 0.4) is 0 Å². The number of ketones is 1. The summed E-state index contributed by atoms with van der Waals surface area (Å²) in [5, 5.41) is 3.24.